The summed E-state index contributed by atoms with van der Waals surface area (Å²) in [4.78, 5) is 0. The van der Waals surface area contributed by atoms with E-state index in [4.69, 9.17) is 10.5 Å². The fourth-order valence-electron chi connectivity index (χ4n) is 0.996. The van der Waals surface area contributed by atoms with E-state index in [1.54, 1.807) is 13.0 Å². The predicted molar refractivity (Wildman–Crippen MR) is 50.3 cm³/mol. The molecule has 2 nitrogen and oxygen atoms in total. The SMILES string of the molecule is Cc1cc(F)ccc1OC[C@H](C)N. The Kier molecular flexibility index (Phi) is 3.25. The zero-order valence-electron chi connectivity index (χ0n) is 7.88. The molecule has 1 atom stereocenters. The summed E-state index contributed by atoms with van der Waals surface area (Å²) in [5, 5.41) is 0. The van der Waals surface area contributed by atoms with Crippen LogP contribution in [-0.4, -0.2) is 12.6 Å². The largest absolute Gasteiger partial charge is 0.492 e. The summed E-state index contributed by atoms with van der Waals surface area (Å²) in [6, 6.07) is 4.43. The Morgan fingerprint density at radius 2 is 2.23 bits per heavy atom. The first-order valence-corrected chi connectivity index (χ1v) is 4.24. The van der Waals surface area contributed by atoms with Gasteiger partial charge >= 0.3 is 0 Å². The van der Waals surface area contributed by atoms with Gasteiger partial charge in [0, 0.05) is 6.04 Å². The van der Waals surface area contributed by atoms with E-state index in [0.29, 0.717) is 12.4 Å². The van der Waals surface area contributed by atoms with Crippen molar-refractivity contribution in [3.8, 4) is 5.75 Å². The zero-order valence-corrected chi connectivity index (χ0v) is 7.88. The number of hydrogen-bond acceptors (Lipinski definition) is 2. The van der Waals surface area contributed by atoms with E-state index in [1.807, 2.05) is 6.92 Å². The van der Waals surface area contributed by atoms with Gasteiger partial charge in [-0.15, -0.1) is 0 Å². The summed E-state index contributed by atoms with van der Waals surface area (Å²) < 4.78 is 18.0. The first-order chi connectivity index (χ1) is 6.09. The third-order valence-corrected chi connectivity index (χ3v) is 1.64. The Labute approximate surface area is 77.5 Å². The van der Waals surface area contributed by atoms with E-state index in [0.717, 1.165) is 5.56 Å². The Morgan fingerprint density at radius 1 is 1.54 bits per heavy atom. The highest BCUT2D eigenvalue weighted by atomic mass is 19.1. The third kappa shape index (κ3) is 3.03. The van der Waals surface area contributed by atoms with Crippen LogP contribution >= 0.6 is 0 Å². The van der Waals surface area contributed by atoms with Crippen molar-refractivity contribution >= 4 is 0 Å². The number of nitrogens with two attached hydrogens (primary N) is 1. The normalized spacial score (nSPS) is 12.6. The van der Waals surface area contributed by atoms with Gasteiger partial charge < -0.3 is 10.5 Å². The molecule has 0 saturated heterocycles. The number of rotatable bonds is 3. The maximum absolute atomic E-state index is 12.7. The molecule has 0 spiro atoms. The molecule has 0 aromatic heterocycles. The lowest BCUT2D eigenvalue weighted by Crippen LogP contribution is -2.23. The van der Waals surface area contributed by atoms with Gasteiger partial charge in [0.15, 0.2) is 0 Å². The summed E-state index contributed by atoms with van der Waals surface area (Å²) >= 11 is 0. The van der Waals surface area contributed by atoms with E-state index in [-0.39, 0.29) is 11.9 Å². The maximum Gasteiger partial charge on any atom is 0.123 e. The van der Waals surface area contributed by atoms with Gasteiger partial charge in [0.25, 0.3) is 0 Å². The van der Waals surface area contributed by atoms with E-state index in [9.17, 15) is 4.39 Å². The molecular weight excluding hydrogens is 169 g/mol. The van der Waals surface area contributed by atoms with Gasteiger partial charge in [-0.25, -0.2) is 4.39 Å². The van der Waals surface area contributed by atoms with Gasteiger partial charge in [-0.3, -0.25) is 0 Å². The molecular formula is C10H14FNO. The van der Waals surface area contributed by atoms with E-state index < -0.39 is 0 Å². The van der Waals surface area contributed by atoms with Crippen molar-refractivity contribution in [2.75, 3.05) is 6.61 Å². The Bertz CT molecular complexity index is 286. The van der Waals surface area contributed by atoms with Crippen LogP contribution in [0.2, 0.25) is 0 Å². The standard InChI is InChI=1S/C10H14FNO/c1-7-5-9(11)3-4-10(7)13-6-8(2)12/h3-5,8H,6,12H2,1-2H3/t8-/m0/s1. The molecule has 13 heavy (non-hydrogen) atoms. The minimum Gasteiger partial charge on any atom is -0.492 e. The van der Waals surface area contributed by atoms with Gasteiger partial charge in [0.05, 0.1) is 0 Å². The summed E-state index contributed by atoms with van der Waals surface area (Å²) in [5.41, 5.74) is 6.31. The van der Waals surface area contributed by atoms with Gasteiger partial charge in [-0.2, -0.15) is 0 Å². The molecule has 0 amide bonds. The molecule has 0 unspecified atom stereocenters. The number of aryl methyl sites for hydroxylation is 1. The highest BCUT2D eigenvalue weighted by Gasteiger charge is 2.01. The lowest BCUT2D eigenvalue weighted by molar-refractivity contribution is 0.294. The number of ether oxygens (including phenoxy) is 1. The molecule has 1 rings (SSSR count). The summed E-state index contributed by atoms with van der Waals surface area (Å²) in [6.45, 7) is 4.12. The lowest BCUT2D eigenvalue weighted by Gasteiger charge is -2.10. The van der Waals surface area contributed by atoms with E-state index in [2.05, 4.69) is 0 Å². The molecule has 0 saturated carbocycles. The highest BCUT2D eigenvalue weighted by Crippen LogP contribution is 2.18. The molecule has 2 N–H and O–H groups in total. The second kappa shape index (κ2) is 4.23. The van der Waals surface area contributed by atoms with Gasteiger partial charge in [-0.05, 0) is 37.6 Å². The summed E-state index contributed by atoms with van der Waals surface area (Å²) in [7, 11) is 0. The molecule has 0 heterocycles. The molecule has 1 aromatic carbocycles. The molecule has 3 heteroatoms. The van der Waals surface area contributed by atoms with Crippen LogP contribution in [0.3, 0.4) is 0 Å². The lowest BCUT2D eigenvalue weighted by atomic mass is 10.2. The molecule has 1 aromatic rings. The Balaban J connectivity index is 2.67. The van der Waals surface area contributed by atoms with Crippen LogP contribution < -0.4 is 10.5 Å². The highest BCUT2D eigenvalue weighted by molar-refractivity contribution is 5.32. The van der Waals surface area contributed by atoms with Gasteiger partial charge in [0.2, 0.25) is 0 Å². The Morgan fingerprint density at radius 3 is 2.77 bits per heavy atom. The number of benzene rings is 1. The van der Waals surface area contributed by atoms with Gasteiger partial charge in [0.1, 0.15) is 18.2 Å². The van der Waals surface area contributed by atoms with Crippen molar-refractivity contribution in [2.45, 2.75) is 19.9 Å². The van der Waals surface area contributed by atoms with Crippen LogP contribution in [0.5, 0.6) is 5.75 Å². The Hall–Kier alpha value is -1.09. The first-order valence-electron chi connectivity index (χ1n) is 4.24. The molecule has 0 aliphatic carbocycles. The smallest absolute Gasteiger partial charge is 0.123 e. The van der Waals surface area contributed by atoms with E-state index in [1.165, 1.54) is 12.1 Å². The zero-order chi connectivity index (χ0) is 9.84. The third-order valence-electron chi connectivity index (χ3n) is 1.64. The minimum absolute atomic E-state index is 0.00977. The van der Waals surface area contributed by atoms with Crippen molar-refractivity contribution in [3.63, 3.8) is 0 Å². The van der Waals surface area contributed by atoms with Crippen molar-refractivity contribution in [1.29, 1.82) is 0 Å². The molecule has 0 aliphatic rings. The topological polar surface area (TPSA) is 35.2 Å². The van der Waals surface area contributed by atoms with Crippen molar-refractivity contribution in [3.05, 3.63) is 29.6 Å². The van der Waals surface area contributed by atoms with Crippen LogP contribution in [0.4, 0.5) is 4.39 Å². The summed E-state index contributed by atoms with van der Waals surface area (Å²) in [6.07, 6.45) is 0. The number of hydrogen-bond donors (Lipinski definition) is 1. The quantitative estimate of drug-likeness (QED) is 0.776. The van der Waals surface area contributed by atoms with Crippen LogP contribution in [0.25, 0.3) is 0 Å². The second-order valence-corrected chi connectivity index (χ2v) is 3.20. The summed E-state index contributed by atoms with van der Waals surface area (Å²) in [5.74, 6) is 0.448. The average molecular weight is 183 g/mol. The van der Waals surface area contributed by atoms with Crippen molar-refractivity contribution in [1.82, 2.24) is 0 Å². The molecule has 0 aliphatic heterocycles. The van der Waals surface area contributed by atoms with Gasteiger partial charge in [-0.1, -0.05) is 0 Å². The van der Waals surface area contributed by atoms with Crippen LogP contribution in [0, 0.1) is 12.7 Å². The van der Waals surface area contributed by atoms with Crippen molar-refractivity contribution < 1.29 is 9.13 Å². The monoisotopic (exact) mass is 183 g/mol. The van der Waals surface area contributed by atoms with Crippen LogP contribution in [0.1, 0.15) is 12.5 Å². The minimum atomic E-state index is -0.245. The fourth-order valence-corrected chi connectivity index (χ4v) is 0.996. The first kappa shape index (κ1) is 9.99. The molecule has 0 bridgehead atoms. The van der Waals surface area contributed by atoms with Crippen LogP contribution in [-0.2, 0) is 0 Å². The predicted octanol–water partition coefficient (Wildman–Crippen LogP) is 1.86. The van der Waals surface area contributed by atoms with Crippen LogP contribution in [0.15, 0.2) is 18.2 Å². The van der Waals surface area contributed by atoms with E-state index >= 15 is 0 Å². The van der Waals surface area contributed by atoms with Crippen molar-refractivity contribution in [2.24, 2.45) is 5.73 Å². The second-order valence-electron chi connectivity index (χ2n) is 3.20. The number of halogens is 1. The maximum atomic E-state index is 12.7. The fraction of sp³-hybridized carbons (Fsp3) is 0.400. The molecule has 0 radical (unpaired) electrons. The molecule has 72 valence electrons. The average Bonchev–Trinajstić information content (AvgIpc) is 2.02. The molecule has 0 fully saturated rings.